The third-order valence-electron chi connectivity index (χ3n) is 2.27. The molecule has 1 rings (SSSR count). The first kappa shape index (κ1) is 12.2. The third-order valence-corrected chi connectivity index (χ3v) is 2.27. The van der Waals surface area contributed by atoms with E-state index in [-0.39, 0.29) is 12.2 Å². The Morgan fingerprint density at radius 1 is 1.31 bits per heavy atom. The molecule has 0 saturated carbocycles. The Kier molecular flexibility index (Phi) is 3.60. The van der Waals surface area contributed by atoms with Crippen molar-refractivity contribution in [3.05, 3.63) is 17.7 Å². The number of hydrogen-bond acceptors (Lipinski definition) is 5. The molecule has 0 heterocycles. The summed E-state index contributed by atoms with van der Waals surface area (Å²) in [7, 11) is 0. The highest BCUT2D eigenvalue weighted by Crippen LogP contribution is 2.40. The summed E-state index contributed by atoms with van der Waals surface area (Å²) < 4.78 is 4.79. The van der Waals surface area contributed by atoms with Gasteiger partial charge in [0.15, 0.2) is 11.5 Å². The van der Waals surface area contributed by atoms with Gasteiger partial charge in [-0.2, -0.15) is 0 Å². The van der Waals surface area contributed by atoms with E-state index in [4.69, 9.17) is 9.84 Å². The first-order chi connectivity index (χ1) is 7.49. The van der Waals surface area contributed by atoms with Crippen molar-refractivity contribution in [3.8, 4) is 17.2 Å². The Morgan fingerprint density at radius 3 is 2.50 bits per heavy atom. The second-order valence-electron chi connectivity index (χ2n) is 3.34. The summed E-state index contributed by atoms with van der Waals surface area (Å²) in [5.74, 6) is -2.76. The molecule has 3 N–H and O–H groups in total. The number of benzene rings is 1. The maximum atomic E-state index is 11.4. The van der Waals surface area contributed by atoms with Gasteiger partial charge in [-0.05, 0) is 19.9 Å². The molecule has 0 radical (unpaired) electrons. The molecule has 16 heavy (non-hydrogen) atoms. The van der Waals surface area contributed by atoms with Crippen molar-refractivity contribution in [1.29, 1.82) is 0 Å². The number of hydrogen-bond donors (Lipinski definition) is 3. The molecule has 0 amide bonds. The van der Waals surface area contributed by atoms with Gasteiger partial charge in [-0.1, -0.05) is 6.07 Å². The van der Waals surface area contributed by atoms with Crippen molar-refractivity contribution in [2.24, 2.45) is 0 Å². The van der Waals surface area contributed by atoms with Gasteiger partial charge in [0.2, 0.25) is 5.75 Å². The molecule has 1 unspecified atom stereocenters. The Hall–Kier alpha value is -1.91. The minimum absolute atomic E-state index is 0.216. The SMILES string of the molecule is CCOC(=O)C(C)c1ccc(O)c(O)c1O. The zero-order chi connectivity index (χ0) is 12.3. The van der Waals surface area contributed by atoms with Crippen LogP contribution in [0.15, 0.2) is 12.1 Å². The van der Waals surface area contributed by atoms with E-state index >= 15 is 0 Å². The molecule has 5 heteroatoms. The van der Waals surface area contributed by atoms with E-state index in [0.29, 0.717) is 0 Å². The number of phenols is 3. The van der Waals surface area contributed by atoms with Crippen LogP contribution in [0.3, 0.4) is 0 Å². The van der Waals surface area contributed by atoms with Gasteiger partial charge >= 0.3 is 5.97 Å². The Bertz CT molecular complexity index is 400. The largest absolute Gasteiger partial charge is 0.504 e. The normalized spacial score (nSPS) is 12.1. The van der Waals surface area contributed by atoms with Gasteiger partial charge in [0.05, 0.1) is 12.5 Å². The van der Waals surface area contributed by atoms with Crippen molar-refractivity contribution >= 4 is 5.97 Å². The number of carbonyl (C=O) groups excluding carboxylic acids is 1. The van der Waals surface area contributed by atoms with Gasteiger partial charge in [0.25, 0.3) is 0 Å². The lowest BCUT2D eigenvalue weighted by atomic mass is 9.99. The van der Waals surface area contributed by atoms with Crippen LogP contribution in [0.1, 0.15) is 25.3 Å². The molecule has 1 aromatic rings. The van der Waals surface area contributed by atoms with Gasteiger partial charge in [-0.3, -0.25) is 4.79 Å². The highest BCUT2D eigenvalue weighted by Gasteiger charge is 2.22. The Morgan fingerprint density at radius 2 is 1.94 bits per heavy atom. The molecule has 0 aliphatic heterocycles. The number of aromatic hydroxyl groups is 3. The average Bonchev–Trinajstić information content (AvgIpc) is 2.26. The highest BCUT2D eigenvalue weighted by atomic mass is 16.5. The maximum absolute atomic E-state index is 11.4. The van der Waals surface area contributed by atoms with E-state index in [9.17, 15) is 15.0 Å². The quantitative estimate of drug-likeness (QED) is 0.536. The van der Waals surface area contributed by atoms with Crippen molar-refractivity contribution in [3.63, 3.8) is 0 Å². The maximum Gasteiger partial charge on any atom is 0.313 e. The van der Waals surface area contributed by atoms with Crippen LogP contribution in [0.4, 0.5) is 0 Å². The van der Waals surface area contributed by atoms with Crippen molar-refractivity contribution in [2.45, 2.75) is 19.8 Å². The standard InChI is InChI=1S/C11H14O5/c1-3-16-11(15)6(2)7-4-5-8(12)10(14)9(7)13/h4-6,12-14H,3H2,1-2H3. The second-order valence-corrected chi connectivity index (χ2v) is 3.34. The lowest BCUT2D eigenvalue weighted by Crippen LogP contribution is -2.13. The molecular formula is C11H14O5. The number of carbonyl (C=O) groups is 1. The summed E-state index contributed by atoms with van der Waals surface area (Å²) >= 11 is 0. The monoisotopic (exact) mass is 226 g/mol. The summed E-state index contributed by atoms with van der Waals surface area (Å²) in [5, 5.41) is 28.0. The zero-order valence-electron chi connectivity index (χ0n) is 9.10. The van der Waals surface area contributed by atoms with Crippen LogP contribution in [0, 0.1) is 0 Å². The minimum Gasteiger partial charge on any atom is -0.504 e. The van der Waals surface area contributed by atoms with E-state index in [1.165, 1.54) is 12.1 Å². The van der Waals surface area contributed by atoms with Gasteiger partial charge in [-0.15, -0.1) is 0 Å². The molecule has 0 bridgehead atoms. The van der Waals surface area contributed by atoms with E-state index in [2.05, 4.69) is 0 Å². The molecule has 5 nitrogen and oxygen atoms in total. The molecule has 0 aliphatic carbocycles. The van der Waals surface area contributed by atoms with E-state index < -0.39 is 29.1 Å². The predicted molar refractivity (Wildman–Crippen MR) is 56.5 cm³/mol. The molecule has 0 fully saturated rings. The molecule has 1 aromatic carbocycles. The highest BCUT2D eigenvalue weighted by molar-refractivity contribution is 5.79. The summed E-state index contributed by atoms with van der Waals surface area (Å²) in [6.45, 7) is 3.47. The molecule has 0 saturated heterocycles. The Balaban J connectivity index is 3.05. The van der Waals surface area contributed by atoms with Crippen molar-refractivity contribution in [1.82, 2.24) is 0 Å². The summed E-state index contributed by atoms with van der Waals surface area (Å²) in [4.78, 5) is 11.4. The lowest BCUT2D eigenvalue weighted by molar-refractivity contribution is -0.144. The van der Waals surface area contributed by atoms with E-state index in [1.54, 1.807) is 13.8 Å². The number of ether oxygens (including phenoxy) is 1. The zero-order valence-corrected chi connectivity index (χ0v) is 9.10. The van der Waals surface area contributed by atoms with Crippen LogP contribution in [0.2, 0.25) is 0 Å². The first-order valence-corrected chi connectivity index (χ1v) is 4.89. The summed E-state index contributed by atoms with van der Waals surface area (Å²) in [5.41, 5.74) is 0.216. The van der Waals surface area contributed by atoms with Gasteiger partial charge in [0.1, 0.15) is 0 Å². The predicted octanol–water partition coefficient (Wildman–Crippen LogP) is 1.47. The van der Waals surface area contributed by atoms with Gasteiger partial charge < -0.3 is 20.1 Å². The fraction of sp³-hybridized carbons (Fsp3) is 0.364. The molecule has 88 valence electrons. The molecular weight excluding hydrogens is 212 g/mol. The van der Waals surface area contributed by atoms with Crippen LogP contribution in [0.5, 0.6) is 17.2 Å². The fourth-order valence-corrected chi connectivity index (χ4v) is 1.33. The lowest BCUT2D eigenvalue weighted by Gasteiger charge is -2.13. The summed E-state index contributed by atoms with van der Waals surface area (Å²) in [6, 6.07) is 2.58. The number of rotatable bonds is 3. The van der Waals surface area contributed by atoms with Crippen LogP contribution in [-0.2, 0) is 9.53 Å². The smallest absolute Gasteiger partial charge is 0.313 e. The van der Waals surface area contributed by atoms with Crippen molar-refractivity contribution < 1.29 is 24.9 Å². The van der Waals surface area contributed by atoms with Gasteiger partial charge in [0, 0.05) is 5.56 Å². The topological polar surface area (TPSA) is 87.0 Å². The number of phenolic OH excluding ortho intramolecular Hbond substituents is 3. The van der Waals surface area contributed by atoms with E-state index in [0.717, 1.165) is 0 Å². The first-order valence-electron chi connectivity index (χ1n) is 4.89. The molecule has 0 aromatic heterocycles. The number of esters is 1. The average molecular weight is 226 g/mol. The van der Waals surface area contributed by atoms with Crippen LogP contribution >= 0.6 is 0 Å². The van der Waals surface area contributed by atoms with Gasteiger partial charge in [-0.25, -0.2) is 0 Å². The summed E-state index contributed by atoms with van der Waals surface area (Å²) in [6.07, 6.45) is 0. The van der Waals surface area contributed by atoms with Crippen LogP contribution < -0.4 is 0 Å². The third kappa shape index (κ3) is 2.18. The van der Waals surface area contributed by atoms with E-state index in [1.807, 2.05) is 0 Å². The molecule has 0 spiro atoms. The fourth-order valence-electron chi connectivity index (χ4n) is 1.33. The molecule has 1 atom stereocenters. The van der Waals surface area contributed by atoms with Crippen LogP contribution in [-0.4, -0.2) is 27.9 Å². The molecule has 0 aliphatic rings. The van der Waals surface area contributed by atoms with Crippen molar-refractivity contribution in [2.75, 3.05) is 6.61 Å². The van der Waals surface area contributed by atoms with Crippen LogP contribution in [0.25, 0.3) is 0 Å². The Labute approximate surface area is 92.9 Å². The second kappa shape index (κ2) is 4.74. The minimum atomic E-state index is -0.702.